The molecule has 0 unspecified atom stereocenters. The van der Waals surface area contributed by atoms with Crippen molar-refractivity contribution in [3.8, 4) is 0 Å². The number of urea groups is 1. The Labute approximate surface area is 85.6 Å². The molecule has 0 atom stereocenters. The van der Waals surface area contributed by atoms with Crippen molar-refractivity contribution in [2.24, 2.45) is 5.41 Å². The minimum atomic E-state index is 0.0304. The van der Waals surface area contributed by atoms with Crippen LogP contribution in [0.1, 0.15) is 45.4 Å². The molecule has 2 N–H and O–H groups in total. The average molecular weight is 196 g/mol. The van der Waals surface area contributed by atoms with Gasteiger partial charge in [-0.25, -0.2) is 4.79 Å². The molecule has 0 aliphatic heterocycles. The normalized spacial score (nSPS) is 24.6. The third-order valence-electron chi connectivity index (χ3n) is 3.68. The standard InChI is InChI=1S/C11H20N2O/c1-11(6-3-7-11)8-12-10(14)13-9-4-2-5-9/h9H,2-8H2,1H3,(H2,12,13,14). The van der Waals surface area contributed by atoms with Gasteiger partial charge in [0, 0.05) is 12.6 Å². The summed E-state index contributed by atoms with van der Waals surface area (Å²) in [7, 11) is 0. The van der Waals surface area contributed by atoms with Crippen LogP contribution in [-0.2, 0) is 0 Å². The first kappa shape index (κ1) is 9.81. The van der Waals surface area contributed by atoms with Gasteiger partial charge in [-0.2, -0.15) is 0 Å². The number of nitrogens with one attached hydrogen (secondary N) is 2. The van der Waals surface area contributed by atoms with E-state index < -0.39 is 0 Å². The molecule has 2 saturated carbocycles. The van der Waals surface area contributed by atoms with Gasteiger partial charge in [0.1, 0.15) is 0 Å². The Bertz CT molecular complexity index is 219. The molecule has 3 heteroatoms. The van der Waals surface area contributed by atoms with Crippen molar-refractivity contribution in [3.63, 3.8) is 0 Å². The van der Waals surface area contributed by atoms with Crippen LogP contribution in [0.15, 0.2) is 0 Å². The second-order valence-corrected chi connectivity index (χ2v) is 5.12. The van der Waals surface area contributed by atoms with E-state index in [4.69, 9.17) is 0 Å². The van der Waals surface area contributed by atoms with E-state index in [2.05, 4.69) is 17.6 Å². The molecule has 14 heavy (non-hydrogen) atoms. The molecule has 2 aliphatic carbocycles. The van der Waals surface area contributed by atoms with Gasteiger partial charge in [0.2, 0.25) is 0 Å². The van der Waals surface area contributed by atoms with Crippen molar-refractivity contribution >= 4 is 6.03 Å². The van der Waals surface area contributed by atoms with Crippen LogP contribution >= 0.6 is 0 Å². The van der Waals surface area contributed by atoms with E-state index in [0.29, 0.717) is 11.5 Å². The largest absolute Gasteiger partial charge is 0.338 e. The molecule has 2 aliphatic rings. The summed E-state index contributed by atoms with van der Waals surface area (Å²) in [6.45, 7) is 3.09. The summed E-state index contributed by atoms with van der Waals surface area (Å²) in [6, 6.07) is 0.479. The quantitative estimate of drug-likeness (QED) is 0.712. The van der Waals surface area contributed by atoms with Gasteiger partial charge in [-0.15, -0.1) is 0 Å². The van der Waals surface area contributed by atoms with Crippen LogP contribution in [0.25, 0.3) is 0 Å². The average Bonchev–Trinajstić information content (AvgIpc) is 2.05. The first-order valence-electron chi connectivity index (χ1n) is 5.72. The van der Waals surface area contributed by atoms with Crippen LogP contribution in [0.3, 0.4) is 0 Å². The molecule has 0 radical (unpaired) electrons. The molecule has 0 bridgehead atoms. The third-order valence-corrected chi connectivity index (χ3v) is 3.68. The van der Waals surface area contributed by atoms with Gasteiger partial charge in [-0.05, 0) is 37.5 Å². The second kappa shape index (κ2) is 3.79. The van der Waals surface area contributed by atoms with E-state index in [1.807, 2.05) is 0 Å². The molecule has 2 amide bonds. The van der Waals surface area contributed by atoms with Crippen LogP contribution in [0.4, 0.5) is 4.79 Å². The zero-order chi connectivity index (χ0) is 10.0. The Hall–Kier alpha value is -0.730. The molecule has 0 aromatic rings. The van der Waals surface area contributed by atoms with E-state index in [9.17, 15) is 4.79 Å². The van der Waals surface area contributed by atoms with Crippen LogP contribution in [0.5, 0.6) is 0 Å². The topological polar surface area (TPSA) is 41.1 Å². The fourth-order valence-electron chi connectivity index (χ4n) is 2.04. The minimum Gasteiger partial charge on any atom is -0.338 e. The first-order chi connectivity index (χ1) is 6.68. The van der Waals surface area contributed by atoms with E-state index in [1.165, 1.54) is 25.7 Å². The maximum absolute atomic E-state index is 11.4. The van der Waals surface area contributed by atoms with Gasteiger partial charge in [-0.1, -0.05) is 13.3 Å². The number of hydrogen-bond donors (Lipinski definition) is 2. The maximum atomic E-state index is 11.4. The Balaban J connectivity index is 1.61. The van der Waals surface area contributed by atoms with E-state index in [0.717, 1.165) is 19.4 Å². The molecule has 0 spiro atoms. The lowest BCUT2D eigenvalue weighted by molar-refractivity contribution is 0.155. The zero-order valence-electron chi connectivity index (χ0n) is 8.94. The third kappa shape index (κ3) is 2.20. The molecule has 0 heterocycles. The highest BCUT2D eigenvalue weighted by Gasteiger charge is 2.32. The molecule has 0 aromatic carbocycles. The van der Waals surface area contributed by atoms with Crippen molar-refractivity contribution in [1.29, 1.82) is 0 Å². The Morgan fingerprint density at radius 3 is 2.50 bits per heavy atom. The molecule has 0 aromatic heterocycles. The fourth-order valence-corrected chi connectivity index (χ4v) is 2.04. The molecule has 0 saturated heterocycles. The number of carbonyl (C=O) groups is 1. The molecule has 2 fully saturated rings. The lowest BCUT2D eigenvalue weighted by Gasteiger charge is -2.38. The predicted molar refractivity (Wildman–Crippen MR) is 56.1 cm³/mol. The van der Waals surface area contributed by atoms with Gasteiger partial charge in [0.15, 0.2) is 0 Å². The summed E-state index contributed by atoms with van der Waals surface area (Å²) in [4.78, 5) is 11.4. The highest BCUT2D eigenvalue weighted by Crippen LogP contribution is 2.39. The minimum absolute atomic E-state index is 0.0304. The lowest BCUT2D eigenvalue weighted by Crippen LogP contribution is -2.48. The monoisotopic (exact) mass is 196 g/mol. The van der Waals surface area contributed by atoms with Crippen molar-refractivity contribution in [2.45, 2.75) is 51.5 Å². The molecular weight excluding hydrogens is 176 g/mol. The number of hydrogen-bond acceptors (Lipinski definition) is 1. The number of amides is 2. The highest BCUT2D eigenvalue weighted by atomic mass is 16.2. The molecule has 80 valence electrons. The maximum Gasteiger partial charge on any atom is 0.315 e. The molecule has 2 rings (SSSR count). The van der Waals surface area contributed by atoms with Crippen LogP contribution in [-0.4, -0.2) is 18.6 Å². The second-order valence-electron chi connectivity index (χ2n) is 5.12. The van der Waals surface area contributed by atoms with Crippen molar-refractivity contribution < 1.29 is 4.79 Å². The SMILES string of the molecule is CC1(CNC(=O)NC2CCC2)CCC1. The van der Waals surface area contributed by atoms with Crippen LogP contribution in [0.2, 0.25) is 0 Å². The highest BCUT2D eigenvalue weighted by molar-refractivity contribution is 5.74. The first-order valence-corrected chi connectivity index (χ1v) is 5.72. The lowest BCUT2D eigenvalue weighted by atomic mass is 9.70. The summed E-state index contributed by atoms with van der Waals surface area (Å²) < 4.78 is 0. The zero-order valence-corrected chi connectivity index (χ0v) is 8.94. The van der Waals surface area contributed by atoms with Crippen molar-refractivity contribution in [2.75, 3.05) is 6.54 Å². The van der Waals surface area contributed by atoms with Crippen molar-refractivity contribution in [3.05, 3.63) is 0 Å². The Morgan fingerprint density at radius 1 is 1.36 bits per heavy atom. The summed E-state index contributed by atoms with van der Waals surface area (Å²) in [5.74, 6) is 0. The van der Waals surface area contributed by atoms with Gasteiger partial charge in [0.25, 0.3) is 0 Å². The summed E-state index contributed by atoms with van der Waals surface area (Å²) in [5, 5.41) is 5.96. The van der Waals surface area contributed by atoms with E-state index in [-0.39, 0.29) is 6.03 Å². The Kier molecular flexibility index (Phi) is 2.66. The number of rotatable bonds is 3. The molecule has 3 nitrogen and oxygen atoms in total. The number of carbonyl (C=O) groups excluding carboxylic acids is 1. The molecular formula is C11H20N2O. The fraction of sp³-hybridized carbons (Fsp3) is 0.909. The van der Waals surface area contributed by atoms with Gasteiger partial charge >= 0.3 is 6.03 Å². The van der Waals surface area contributed by atoms with Crippen molar-refractivity contribution in [1.82, 2.24) is 10.6 Å². The Morgan fingerprint density at radius 2 is 2.07 bits per heavy atom. The van der Waals surface area contributed by atoms with E-state index in [1.54, 1.807) is 0 Å². The smallest absolute Gasteiger partial charge is 0.315 e. The predicted octanol–water partition coefficient (Wildman–Crippen LogP) is 2.03. The summed E-state index contributed by atoms with van der Waals surface area (Å²) in [5.41, 5.74) is 0.386. The van der Waals surface area contributed by atoms with E-state index >= 15 is 0 Å². The van der Waals surface area contributed by atoms with Crippen LogP contribution < -0.4 is 10.6 Å². The van der Waals surface area contributed by atoms with Gasteiger partial charge in [0.05, 0.1) is 0 Å². The van der Waals surface area contributed by atoms with Crippen LogP contribution in [0, 0.1) is 5.41 Å². The van der Waals surface area contributed by atoms with Gasteiger partial charge < -0.3 is 10.6 Å². The summed E-state index contributed by atoms with van der Waals surface area (Å²) in [6.07, 6.45) is 7.42. The summed E-state index contributed by atoms with van der Waals surface area (Å²) >= 11 is 0. The van der Waals surface area contributed by atoms with Gasteiger partial charge in [-0.3, -0.25) is 0 Å².